The van der Waals surface area contributed by atoms with Crippen molar-refractivity contribution in [2.75, 3.05) is 14.2 Å². The van der Waals surface area contributed by atoms with Gasteiger partial charge < -0.3 is 14.6 Å². The normalized spacial score (nSPS) is 10.5. The minimum atomic E-state index is 0.105. The highest BCUT2D eigenvalue weighted by atomic mass is 16.5. The molecule has 0 bridgehead atoms. The van der Waals surface area contributed by atoms with Crippen molar-refractivity contribution < 1.29 is 14.6 Å². The fourth-order valence-corrected chi connectivity index (χ4v) is 1.95. The van der Waals surface area contributed by atoms with Crippen LogP contribution in [0.5, 0.6) is 17.2 Å². The van der Waals surface area contributed by atoms with Crippen LogP contribution in [0.25, 0.3) is 0 Å². The third-order valence-electron chi connectivity index (χ3n) is 3.37. The van der Waals surface area contributed by atoms with Crippen molar-refractivity contribution in [2.45, 2.75) is 33.1 Å². The van der Waals surface area contributed by atoms with Gasteiger partial charge in [-0.2, -0.15) is 0 Å². The Balaban J connectivity index is 0.000000287. The lowest BCUT2D eigenvalue weighted by Crippen LogP contribution is -2.11. The van der Waals surface area contributed by atoms with Gasteiger partial charge in [-0.25, -0.2) is 0 Å². The summed E-state index contributed by atoms with van der Waals surface area (Å²) in [5, 5.41) is 8.63. The highest BCUT2D eigenvalue weighted by molar-refractivity contribution is 5.48. The van der Waals surface area contributed by atoms with Crippen LogP contribution in [-0.2, 0) is 5.41 Å². The quantitative estimate of drug-likeness (QED) is 0.873. The molecule has 0 saturated heterocycles. The minimum absolute atomic E-state index is 0.105. The van der Waals surface area contributed by atoms with Crippen molar-refractivity contribution in [3.63, 3.8) is 0 Å². The Bertz CT molecular complexity index is 558. The average molecular weight is 302 g/mol. The van der Waals surface area contributed by atoms with Crippen molar-refractivity contribution in [1.29, 1.82) is 0 Å². The highest BCUT2D eigenvalue weighted by Gasteiger charge is 2.18. The molecule has 0 spiro atoms. The molecule has 3 heteroatoms. The molecule has 0 aliphatic rings. The predicted octanol–water partition coefficient (Wildman–Crippen LogP) is 4.70. The topological polar surface area (TPSA) is 38.7 Å². The molecule has 3 nitrogen and oxygen atoms in total. The lowest BCUT2D eigenvalue weighted by Gasteiger charge is -2.22. The van der Waals surface area contributed by atoms with Gasteiger partial charge in [0.05, 0.1) is 14.2 Å². The number of methoxy groups -OCH3 is 2. The first-order valence-electron chi connectivity index (χ1n) is 7.26. The number of hydrogen-bond donors (Lipinski definition) is 1. The fourth-order valence-electron chi connectivity index (χ4n) is 1.95. The van der Waals surface area contributed by atoms with Gasteiger partial charge >= 0.3 is 0 Å². The predicted molar refractivity (Wildman–Crippen MR) is 91.1 cm³/mol. The van der Waals surface area contributed by atoms with Crippen molar-refractivity contribution in [3.05, 3.63) is 53.6 Å². The number of ether oxygens (including phenoxy) is 2. The van der Waals surface area contributed by atoms with E-state index in [2.05, 4.69) is 32.9 Å². The first kappa shape index (κ1) is 17.9. The van der Waals surface area contributed by atoms with Gasteiger partial charge in [-0.1, -0.05) is 39.0 Å². The molecule has 0 saturated carbocycles. The molecule has 0 amide bonds. The maximum atomic E-state index is 8.63. The standard InChI is InChI=1S/C13H20O2.C6H6O/c1-9-11(14-5)7-10(13(2,3)4)8-12(9)15-6;7-6-4-2-1-3-5-6/h7-8H,1-6H3;1-5,7H. The SMILES string of the molecule is COc1cc(C(C)(C)C)cc(OC)c1C.Oc1ccccc1. The van der Waals surface area contributed by atoms with Gasteiger partial charge in [-0.15, -0.1) is 0 Å². The average Bonchev–Trinajstić information content (AvgIpc) is 2.47. The molecule has 0 aliphatic heterocycles. The van der Waals surface area contributed by atoms with E-state index in [0.29, 0.717) is 5.75 Å². The second-order valence-electron chi connectivity index (χ2n) is 6.09. The summed E-state index contributed by atoms with van der Waals surface area (Å²) in [7, 11) is 3.38. The Hall–Kier alpha value is -2.16. The van der Waals surface area contributed by atoms with Gasteiger partial charge in [0.1, 0.15) is 17.2 Å². The summed E-state index contributed by atoms with van der Waals surface area (Å²) in [6.07, 6.45) is 0. The summed E-state index contributed by atoms with van der Waals surface area (Å²) in [5.41, 5.74) is 2.38. The lowest BCUT2D eigenvalue weighted by molar-refractivity contribution is 0.385. The molecule has 0 aromatic heterocycles. The molecular weight excluding hydrogens is 276 g/mol. The van der Waals surface area contributed by atoms with Crippen molar-refractivity contribution in [2.24, 2.45) is 0 Å². The first-order chi connectivity index (χ1) is 10.3. The summed E-state index contributed by atoms with van der Waals surface area (Å²) >= 11 is 0. The van der Waals surface area contributed by atoms with Gasteiger partial charge in [-0.3, -0.25) is 0 Å². The minimum Gasteiger partial charge on any atom is -0.508 e. The first-order valence-corrected chi connectivity index (χ1v) is 7.26. The number of para-hydroxylation sites is 1. The van der Waals surface area contributed by atoms with Crippen molar-refractivity contribution >= 4 is 0 Å². The van der Waals surface area contributed by atoms with Crippen LogP contribution in [0.3, 0.4) is 0 Å². The van der Waals surface area contributed by atoms with Crippen LogP contribution in [0.4, 0.5) is 0 Å². The van der Waals surface area contributed by atoms with Crippen LogP contribution in [0.2, 0.25) is 0 Å². The molecule has 2 rings (SSSR count). The van der Waals surface area contributed by atoms with E-state index in [1.165, 1.54) is 5.56 Å². The maximum absolute atomic E-state index is 8.63. The van der Waals surface area contributed by atoms with Crippen LogP contribution in [0.15, 0.2) is 42.5 Å². The van der Waals surface area contributed by atoms with E-state index >= 15 is 0 Å². The zero-order valence-electron chi connectivity index (χ0n) is 14.3. The molecule has 2 aromatic rings. The number of phenolic OH excluding ortho intramolecular Hbond substituents is 1. The Labute approximate surface area is 133 Å². The maximum Gasteiger partial charge on any atom is 0.125 e. The summed E-state index contributed by atoms with van der Waals surface area (Å²) in [5.74, 6) is 2.10. The van der Waals surface area contributed by atoms with E-state index in [4.69, 9.17) is 14.6 Å². The molecule has 0 fully saturated rings. The number of aromatic hydroxyl groups is 1. The Morgan fingerprint density at radius 1 is 0.864 bits per heavy atom. The van der Waals surface area contributed by atoms with Crippen LogP contribution in [0, 0.1) is 6.92 Å². The molecule has 1 N–H and O–H groups in total. The molecule has 2 aromatic carbocycles. The molecule has 0 atom stereocenters. The van der Waals surface area contributed by atoms with Crippen LogP contribution in [0.1, 0.15) is 31.9 Å². The fraction of sp³-hybridized carbons (Fsp3) is 0.368. The Morgan fingerprint density at radius 3 is 1.59 bits per heavy atom. The Kier molecular flexibility index (Phi) is 6.29. The summed E-state index contributed by atoms with van der Waals surface area (Å²) < 4.78 is 10.7. The van der Waals surface area contributed by atoms with E-state index in [1.54, 1.807) is 38.5 Å². The molecule has 0 unspecified atom stereocenters. The smallest absolute Gasteiger partial charge is 0.125 e. The van der Waals surface area contributed by atoms with E-state index in [0.717, 1.165) is 17.1 Å². The number of rotatable bonds is 2. The molecule has 120 valence electrons. The number of benzene rings is 2. The van der Waals surface area contributed by atoms with Gasteiger partial charge in [0.2, 0.25) is 0 Å². The molecule has 0 heterocycles. The van der Waals surface area contributed by atoms with Crippen molar-refractivity contribution in [3.8, 4) is 17.2 Å². The van der Waals surface area contributed by atoms with Gasteiger partial charge in [0, 0.05) is 5.56 Å². The van der Waals surface area contributed by atoms with E-state index in [1.807, 2.05) is 13.0 Å². The van der Waals surface area contributed by atoms with Gasteiger partial charge in [-0.05, 0) is 42.2 Å². The third kappa shape index (κ3) is 4.99. The lowest BCUT2D eigenvalue weighted by atomic mass is 9.86. The van der Waals surface area contributed by atoms with E-state index in [9.17, 15) is 0 Å². The zero-order valence-corrected chi connectivity index (χ0v) is 14.3. The zero-order chi connectivity index (χ0) is 16.8. The van der Waals surface area contributed by atoms with E-state index in [-0.39, 0.29) is 5.41 Å². The van der Waals surface area contributed by atoms with Crippen LogP contribution >= 0.6 is 0 Å². The number of phenols is 1. The molecule has 0 aliphatic carbocycles. The second-order valence-corrected chi connectivity index (χ2v) is 6.09. The summed E-state index contributed by atoms with van der Waals surface area (Å²) in [4.78, 5) is 0. The van der Waals surface area contributed by atoms with Crippen molar-refractivity contribution in [1.82, 2.24) is 0 Å². The molecule has 22 heavy (non-hydrogen) atoms. The van der Waals surface area contributed by atoms with Gasteiger partial charge in [0.25, 0.3) is 0 Å². The molecular formula is C19H26O3. The monoisotopic (exact) mass is 302 g/mol. The summed E-state index contributed by atoms with van der Waals surface area (Å²) in [6, 6.07) is 12.9. The highest BCUT2D eigenvalue weighted by Crippen LogP contribution is 2.34. The second kappa shape index (κ2) is 7.74. The van der Waals surface area contributed by atoms with Crippen LogP contribution in [-0.4, -0.2) is 19.3 Å². The number of hydrogen-bond acceptors (Lipinski definition) is 3. The van der Waals surface area contributed by atoms with E-state index < -0.39 is 0 Å². The largest absolute Gasteiger partial charge is 0.508 e. The third-order valence-corrected chi connectivity index (χ3v) is 3.37. The Morgan fingerprint density at radius 2 is 1.32 bits per heavy atom. The van der Waals surface area contributed by atoms with Crippen LogP contribution < -0.4 is 9.47 Å². The summed E-state index contributed by atoms with van der Waals surface area (Å²) in [6.45, 7) is 8.54. The van der Waals surface area contributed by atoms with Gasteiger partial charge in [0.15, 0.2) is 0 Å². The molecule has 0 radical (unpaired) electrons.